The smallest absolute Gasteiger partial charge is 0.332 e. The van der Waals surface area contributed by atoms with Gasteiger partial charge in [-0.2, -0.15) is 5.10 Å². The predicted octanol–water partition coefficient (Wildman–Crippen LogP) is 4.83. The summed E-state index contributed by atoms with van der Waals surface area (Å²) in [5.74, 6) is -0.536. The van der Waals surface area contributed by atoms with Gasteiger partial charge in [0, 0.05) is 66.8 Å². The van der Waals surface area contributed by atoms with E-state index in [0.717, 1.165) is 42.5 Å². The van der Waals surface area contributed by atoms with Crippen molar-refractivity contribution in [2.24, 2.45) is 7.05 Å². The Morgan fingerprint density at radius 3 is 2.44 bits per heavy atom. The molecule has 3 N–H and O–H groups in total. The number of imidazole rings is 1. The summed E-state index contributed by atoms with van der Waals surface area (Å²) in [6.07, 6.45) is 7.41. The summed E-state index contributed by atoms with van der Waals surface area (Å²) < 4.78 is 18.0. The van der Waals surface area contributed by atoms with E-state index in [0.29, 0.717) is 45.0 Å². The van der Waals surface area contributed by atoms with Crippen LogP contribution < -0.4 is 15.9 Å². The number of nitrogens with zero attached hydrogens (tertiary/aromatic N) is 4. The van der Waals surface area contributed by atoms with E-state index in [4.69, 9.17) is 11.6 Å². The lowest BCUT2D eigenvalue weighted by molar-refractivity contribution is 0.466. The number of hydrogen-bond donors (Lipinski definition) is 3. The number of H-pyrrole nitrogens is 1. The molecular weight excluding hydrogens is 519 g/mol. The molecule has 2 aliphatic heterocycles. The van der Waals surface area contributed by atoms with Crippen molar-refractivity contribution in [3.63, 3.8) is 0 Å². The number of aromatic hydroxyl groups is 1. The summed E-state index contributed by atoms with van der Waals surface area (Å²) in [7, 11) is 1.66. The van der Waals surface area contributed by atoms with Gasteiger partial charge < -0.3 is 19.9 Å². The number of anilines is 1. The predicted molar refractivity (Wildman–Crippen MR) is 150 cm³/mol. The van der Waals surface area contributed by atoms with E-state index < -0.39 is 5.82 Å². The van der Waals surface area contributed by atoms with Crippen LogP contribution in [0, 0.1) is 5.82 Å². The minimum absolute atomic E-state index is 0.0534. The Kier molecular flexibility index (Phi) is 5.54. The molecular formula is C29H26ClFN6O2. The molecule has 0 saturated carbocycles. The maximum absolute atomic E-state index is 15.1. The fourth-order valence-electron chi connectivity index (χ4n) is 6.00. The number of nitrogens with one attached hydrogen (secondary N) is 2. The Morgan fingerprint density at radius 1 is 1.00 bits per heavy atom. The molecule has 0 spiro atoms. The monoisotopic (exact) mass is 544 g/mol. The number of aryl methyl sites for hydroxylation is 1. The molecule has 5 aromatic rings. The molecule has 2 bridgehead atoms. The Labute approximate surface area is 228 Å². The van der Waals surface area contributed by atoms with Crippen molar-refractivity contribution in [1.82, 2.24) is 24.6 Å². The van der Waals surface area contributed by atoms with Crippen LogP contribution in [0.4, 0.5) is 10.1 Å². The number of halogens is 2. The van der Waals surface area contributed by atoms with Crippen molar-refractivity contribution in [3.05, 3.63) is 82.4 Å². The van der Waals surface area contributed by atoms with Crippen LogP contribution in [0.1, 0.15) is 12.8 Å². The number of phenolic OH excluding ortho intramolecular Hbond substituents is 1. The van der Waals surface area contributed by atoms with Crippen LogP contribution in [0.2, 0.25) is 5.02 Å². The number of piperazine rings is 1. The lowest BCUT2D eigenvalue weighted by Crippen LogP contribution is -2.51. The number of phenols is 1. The van der Waals surface area contributed by atoms with Gasteiger partial charge in [-0.3, -0.25) is 9.67 Å². The first-order valence-electron chi connectivity index (χ1n) is 12.9. The third-order valence-corrected chi connectivity index (χ3v) is 8.25. The van der Waals surface area contributed by atoms with Crippen LogP contribution in [-0.4, -0.2) is 49.6 Å². The van der Waals surface area contributed by atoms with Crippen molar-refractivity contribution in [3.8, 4) is 33.7 Å². The van der Waals surface area contributed by atoms with E-state index in [1.807, 2.05) is 18.3 Å². The first-order valence-corrected chi connectivity index (χ1v) is 13.3. The number of benzene rings is 3. The number of fused-ring (bicyclic) bond motifs is 3. The maximum Gasteiger partial charge on any atom is 0.332 e. The molecule has 2 fully saturated rings. The molecule has 4 heterocycles. The fraction of sp³-hybridized carbons (Fsp3) is 0.241. The SMILES string of the molecule is Cn1ccn(-c2ccc(-c3cc(F)cc(-c4cc(N5CC6CCC(C5)N6)c5cn[nH]c5c4)c3O)cc2Cl)c1=O. The Hall–Kier alpha value is -4.08. The van der Waals surface area contributed by atoms with E-state index in [1.54, 1.807) is 37.6 Å². The van der Waals surface area contributed by atoms with Crippen LogP contribution in [0.3, 0.4) is 0 Å². The number of aromatic nitrogens is 4. The third kappa shape index (κ3) is 4.00. The van der Waals surface area contributed by atoms with Crippen molar-refractivity contribution < 1.29 is 9.50 Å². The van der Waals surface area contributed by atoms with Gasteiger partial charge in [0.1, 0.15) is 11.6 Å². The second-order valence-electron chi connectivity index (χ2n) is 10.4. The van der Waals surface area contributed by atoms with Crippen LogP contribution in [0.15, 0.2) is 65.8 Å². The summed E-state index contributed by atoms with van der Waals surface area (Å²) in [6.45, 7) is 1.77. The first kappa shape index (κ1) is 24.0. The van der Waals surface area contributed by atoms with Gasteiger partial charge in [-0.25, -0.2) is 9.18 Å². The summed E-state index contributed by atoms with van der Waals surface area (Å²) in [5, 5.41) is 23.7. The molecule has 2 aliphatic rings. The zero-order valence-corrected chi connectivity index (χ0v) is 21.9. The third-order valence-electron chi connectivity index (χ3n) is 7.95. The minimum Gasteiger partial charge on any atom is -0.507 e. The van der Waals surface area contributed by atoms with Crippen LogP contribution >= 0.6 is 11.6 Å². The molecule has 39 heavy (non-hydrogen) atoms. The van der Waals surface area contributed by atoms with Gasteiger partial charge in [-0.15, -0.1) is 0 Å². The van der Waals surface area contributed by atoms with Crippen LogP contribution in [-0.2, 0) is 7.05 Å². The molecule has 0 aliphatic carbocycles. The Balaban J connectivity index is 1.32. The second-order valence-corrected chi connectivity index (χ2v) is 10.9. The zero-order valence-electron chi connectivity index (χ0n) is 21.2. The zero-order chi connectivity index (χ0) is 26.8. The molecule has 8 nitrogen and oxygen atoms in total. The van der Waals surface area contributed by atoms with Gasteiger partial charge in [-0.05, 0) is 60.4 Å². The maximum atomic E-state index is 15.1. The highest BCUT2D eigenvalue weighted by Gasteiger charge is 2.33. The molecule has 198 valence electrons. The van der Waals surface area contributed by atoms with E-state index in [1.165, 1.54) is 21.3 Å². The molecule has 2 atom stereocenters. The minimum atomic E-state index is -0.483. The van der Waals surface area contributed by atoms with Crippen molar-refractivity contribution in [1.29, 1.82) is 0 Å². The highest BCUT2D eigenvalue weighted by molar-refractivity contribution is 6.32. The lowest BCUT2D eigenvalue weighted by atomic mass is 9.95. The molecule has 2 saturated heterocycles. The Bertz CT molecular complexity index is 1800. The summed E-state index contributed by atoms with van der Waals surface area (Å²) in [4.78, 5) is 14.8. The summed E-state index contributed by atoms with van der Waals surface area (Å²) in [6, 6.07) is 12.5. The molecule has 2 aromatic heterocycles. The molecule has 7 rings (SSSR count). The highest BCUT2D eigenvalue weighted by Crippen LogP contribution is 2.43. The van der Waals surface area contributed by atoms with E-state index in [2.05, 4.69) is 20.4 Å². The lowest BCUT2D eigenvalue weighted by Gasteiger charge is -2.35. The number of rotatable bonds is 4. The summed E-state index contributed by atoms with van der Waals surface area (Å²) in [5.41, 5.74) is 4.01. The molecule has 3 aromatic carbocycles. The Morgan fingerprint density at radius 2 is 1.74 bits per heavy atom. The van der Waals surface area contributed by atoms with E-state index >= 15 is 4.39 Å². The van der Waals surface area contributed by atoms with Gasteiger partial charge in [0.15, 0.2) is 0 Å². The van der Waals surface area contributed by atoms with Gasteiger partial charge in [0.05, 0.1) is 22.4 Å². The van der Waals surface area contributed by atoms with E-state index in [9.17, 15) is 9.90 Å². The molecule has 0 amide bonds. The molecule has 0 radical (unpaired) electrons. The highest BCUT2D eigenvalue weighted by atomic mass is 35.5. The average Bonchev–Trinajstić information content (AvgIpc) is 3.63. The fourth-order valence-corrected chi connectivity index (χ4v) is 6.27. The largest absolute Gasteiger partial charge is 0.507 e. The number of aromatic amines is 1. The van der Waals surface area contributed by atoms with Gasteiger partial charge in [0.2, 0.25) is 0 Å². The second kappa shape index (κ2) is 9.00. The molecule has 10 heteroatoms. The van der Waals surface area contributed by atoms with Crippen LogP contribution in [0.25, 0.3) is 38.8 Å². The van der Waals surface area contributed by atoms with Gasteiger partial charge in [-0.1, -0.05) is 17.7 Å². The van der Waals surface area contributed by atoms with E-state index in [-0.39, 0.29) is 11.4 Å². The first-order chi connectivity index (χ1) is 18.9. The topological polar surface area (TPSA) is 91.1 Å². The van der Waals surface area contributed by atoms with Crippen molar-refractivity contribution in [2.75, 3.05) is 18.0 Å². The van der Waals surface area contributed by atoms with Crippen molar-refractivity contribution in [2.45, 2.75) is 24.9 Å². The normalized spacial score (nSPS) is 18.8. The number of hydrogen-bond acceptors (Lipinski definition) is 5. The van der Waals surface area contributed by atoms with Crippen molar-refractivity contribution >= 4 is 28.2 Å². The quantitative estimate of drug-likeness (QED) is 0.302. The van der Waals surface area contributed by atoms with Crippen LogP contribution in [0.5, 0.6) is 5.75 Å². The average molecular weight is 545 g/mol. The summed E-state index contributed by atoms with van der Waals surface area (Å²) >= 11 is 6.57. The molecule has 2 unspecified atom stereocenters. The van der Waals surface area contributed by atoms with Gasteiger partial charge >= 0.3 is 5.69 Å². The standard InChI is InChI=1S/C29H26ClFN6O2/c1-35-6-7-37(29(35)39)26-5-2-16(8-24(26)30)21-11-18(31)12-22(28(21)38)17-9-25-23(13-32-34-25)27(10-17)36-14-19-3-4-20(15-36)33-19/h2,5-13,19-20,33,38H,3-4,14-15H2,1H3,(H,32,34). The van der Waals surface area contributed by atoms with Gasteiger partial charge in [0.25, 0.3) is 0 Å².